The quantitative estimate of drug-likeness (QED) is 0.813. The van der Waals surface area contributed by atoms with Crippen LogP contribution in [0.2, 0.25) is 0 Å². The zero-order chi connectivity index (χ0) is 9.14. The summed E-state index contributed by atoms with van der Waals surface area (Å²) >= 11 is 0. The average Bonchev–Trinajstić information content (AvgIpc) is 2.04. The van der Waals surface area contributed by atoms with Gasteiger partial charge in [-0.25, -0.2) is 9.59 Å². The minimum absolute atomic E-state index is 0. The normalized spacial score (nSPS) is 15.1. The first-order valence-electron chi connectivity index (χ1n) is 3.81. The van der Waals surface area contributed by atoms with E-state index in [4.69, 9.17) is 10.2 Å². The third-order valence-corrected chi connectivity index (χ3v) is 1.98. The molecule has 14 heavy (non-hydrogen) atoms. The van der Waals surface area contributed by atoms with Crippen molar-refractivity contribution in [2.24, 2.45) is 0 Å². The zero-order valence-corrected chi connectivity index (χ0v) is 10.8. The lowest BCUT2D eigenvalue weighted by molar-refractivity contribution is -0.136. The number of carboxylic acid groups (broad SMARTS) is 2. The van der Waals surface area contributed by atoms with Gasteiger partial charge in [0.15, 0.2) is 0 Å². The van der Waals surface area contributed by atoms with Crippen molar-refractivity contribution in [3.8, 4) is 0 Å². The predicted octanol–water partition coefficient (Wildman–Crippen LogP) is 2.18. The molecule has 0 atom stereocenters. The summed E-state index contributed by atoms with van der Waals surface area (Å²) in [5.41, 5.74) is 0.155. The van der Waals surface area contributed by atoms with E-state index in [1.807, 2.05) is 0 Å². The number of halogens is 2. The number of carboxylic acids is 2. The molecule has 2 N–H and O–H groups in total. The second kappa shape index (κ2) is 7.00. The lowest BCUT2D eigenvalue weighted by Gasteiger charge is -2.13. The Bertz CT molecular complexity index is 234. The summed E-state index contributed by atoms with van der Waals surface area (Å²) in [7, 11) is 0. The molecule has 0 amide bonds. The first kappa shape index (κ1) is 16.1. The van der Waals surface area contributed by atoms with Gasteiger partial charge in [0, 0.05) is 11.1 Å². The summed E-state index contributed by atoms with van der Waals surface area (Å²) in [6.45, 7) is 0. The van der Waals surface area contributed by atoms with Crippen LogP contribution in [0.25, 0.3) is 0 Å². The van der Waals surface area contributed by atoms with Crippen LogP contribution in [0.15, 0.2) is 11.1 Å². The van der Waals surface area contributed by atoms with Crippen LogP contribution in [0.1, 0.15) is 25.7 Å². The fourth-order valence-electron chi connectivity index (χ4n) is 1.38. The van der Waals surface area contributed by atoms with E-state index >= 15 is 0 Å². The van der Waals surface area contributed by atoms with Gasteiger partial charge in [0.25, 0.3) is 0 Å². The molecule has 0 saturated carbocycles. The molecule has 0 unspecified atom stereocenters. The van der Waals surface area contributed by atoms with Gasteiger partial charge in [-0.1, -0.05) is 0 Å². The van der Waals surface area contributed by atoms with Crippen LogP contribution in [0, 0.1) is 0 Å². The maximum absolute atomic E-state index is 10.5. The number of aliphatic carboxylic acids is 2. The summed E-state index contributed by atoms with van der Waals surface area (Å²) in [5.74, 6) is -2.18. The zero-order valence-electron chi connectivity index (χ0n) is 7.36. The van der Waals surface area contributed by atoms with Gasteiger partial charge >= 0.3 is 11.9 Å². The van der Waals surface area contributed by atoms with Gasteiger partial charge in [-0.3, -0.25) is 0 Å². The minimum Gasteiger partial charge on any atom is -0.478 e. The molecule has 0 spiro atoms. The van der Waals surface area contributed by atoms with Gasteiger partial charge in [-0.2, -0.15) is 0 Å². The molecule has 6 heteroatoms. The molecule has 0 heterocycles. The van der Waals surface area contributed by atoms with Gasteiger partial charge in [-0.15, -0.1) is 34.0 Å². The van der Waals surface area contributed by atoms with E-state index in [9.17, 15) is 9.59 Å². The van der Waals surface area contributed by atoms with Crippen LogP contribution in [0.5, 0.6) is 0 Å². The van der Waals surface area contributed by atoms with Crippen molar-refractivity contribution in [1.82, 2.24) is 0 Å². The molecule has 0 radical (unpaired) electrons. The molecule has 0 aromatic rings. The van der Waals surface area contributed by atoms with E-state index in [0.717, 1.165) is 12.8 Å². The van der Waals surface area contributed by atoms with Crippen molar-refractivity contribution in [1.29, 1.82) is 0 Å². The summed E-state index contributed by atoms with van der Waals surface area (Å²) in [6, 6.07) is 0. The van der Waals surface area contributed by atoms with Crippen LogP contribution >= 0.6 is 34.0 Å². The Balaban J connectivity index is 0. The lowest BCUT2D eigenvalue weighted by Crippen LogP contribution is -2.14. The lowest BCUT2D eigenvalue weighted by atomic mass is 9.92. The summed E-state index contributed by atoms with van der Waals surface area (Å²) < 4.78 is 0. The molecule has 0 aliphatic heterocycles. The van der Waals surface area contributed by atoms with Crippen molar-refractivity contribution in [3.63, 3.8) is 0 Å². The summed E-state index contributed by atoms with van der Waals surface area (Å²) in [4.78, 5) is 21.1. The molecule has 1 rings (SSSR count). The smallest absolute Gasteiger partial charge is 0.332 e. The van der Waals surface area contributed by atoms with Crippen LogP contribution in [-0.4, -0.2) is 22.2 Å². The second-order valence-electron chi connectivity index (χ2n) is 2.77. The van der Waals surface area contributed by atoms with Crippen molar-refractivity contribution in [3.05, 3.63) is 11.1 Å². The Morgan fingerprint density at radius 2 is 1.14 bits per heavy atom. The first-order chi connectivity index (χ1) is 5.63. The molecule has 0 aromatic carbocycles. The number of hydrogen-bond acceptors (Lipinski definition) is 2. The summed E-state index contributed by atoms with van der Waals surface area (Å²) in [6.07, 6.45) is 2.32. The van der Waals surface area contributed by atoms with E-state index in [0.29, 0.717) is 12.8 Å². The molecule has 1 aliphatic carbocycles. The van der Waals surface area contributed by atoms with Crippen molar-refractivity contribution < 1.29 is 19.8 Å². The maximum atomic E-state index is 10.5. The highest BCUT2D eigenvalue weighted by Gasteiger charge is 2.22. The van der Waals surface area contributed by atoms with Crippen molar-refractivity contribution in [2.75, 3.05) is 0 Å². The SMILES string of the molecule is Br.Br.O=C(O)C1=C(C(=O)O)CCCC1. The molecule has 4 nitrogen and oxygen atoms in total. The van der Waals surface area contributed by atoms with Crippen molar-refractivity contribution in [2.45, 2.75) is 25.7 Å². The van der Waals surface area contributed by atoms with Crippen molar-refractivity contribution >= 4 is 45.9 Å². The van der Waals surface area contributed by atoms with Gasteiger partial charge in [0.05, 0.1) is 0 Å². The Morgan fingerprint density at radius 3 is 1.36 bits per heavy atom. The molecule has 0 aromatic heterocycles. The summed E-state index contributed by atoms with van der Waals surface area (Å²) in [5, 5.41) is 17.3. The third kappa shape index (κ3) is 3.79. The van der Waals surface area contributed by atoms with Gasteiger partial charge in [0.2, 0.25) is 0 Å². The Morgan fingerprint density at radius 1 is 0.857 bits per heavy atom. The van der Waals surface area contributed by atoms with E-state index < -0.39 is 11.9 Å². The fourth-order valence-corrected chi connectivity index (χ4v) is 1.38. The van der Waals surface area contributed by atoms with Gasteiger partial charge in [0.1, 0.15) is 0 Å². The van der Waals surface area contributed by atoms with Crippen LogP contribution in [0.3, 0.4) is 0 Å². The van der Waals surface area contributed by atoms with E-state index in [1.165, 1.54) is 0 Å². The van der Waals surface area contributed by atoms with Crippen LogP contribution in [0.4, 0.5) is 0 Å². The Labute approximate surface area is 103 Å². The van der Waals surface area contributed by atoms with Crippen LogP contribution < -0.4 is 0 Å². The van der Waals surface area contributed by atoms with Crippen LogP contribution in [-0.2, 0) is 9.59 Å². The maximum Gasteiger partial charge on any atom is 0.332 e. The number of hydrogen-bond donors (Lipinski definition) is 2. The third-order valence-electron chi connectivity index (χ3n) is 1.98. The molecule has 0 bridgehead atoms. The molecule has 82 valence electrons. The molecular weight excluding hydrogens is 320 g/mol. The standard InChI is InChI=1S/C8H10O4.2BrH/c9-7(10)5-3-1-2-4-6(5)8(11)12;;/h1-4H2,(H,9,10)(H,11,12);2*1H. The fraction of sp³-hybridized carbons (Fsp3) is 0.500. The average molecular weight is 332 g/mol. The minimum atomic E-state index is -1.09. The Hall–Kier alpha value is -0.360. The van der Waals surface area contributed by atoms with Gasteiger partial charge in [-0.05, 0) is 25.7 Å². The van der Waals surface area contributed by atoms with Gasteiger partial charge < -0.3 is 10.2 Å². The molecule has 1 aliphatic rings. The Kier molecular flexibility index (Phi) is 8.04. The van der Waals surface area contributed by atoms with E-state index in [-0.39, 0.29) is 45.1 Å². The highest BCUT2D eigenvalue weighted by Crippen LogP contribution is 2.24. The topological polar surface area (TPSA) is 74.6 Å². The monoisotopic (exact) mass is 330 g/mol. The number of rotatable bonds is 2. The molecular formula is C8H12Br2O4. The highest BCUT2D eigenvalue weighted by atomic mass is 79.9. The largest absolute Gasteiger partial charge is 0.478 e. The molecule has 0 saturated heterocycles. The highest BCUT2D eigenvalue weighted by molar-refractivity contribution is 8.93. The first-order valence-corrected chi connectivity index (χ1v) is 3.81. The van der Waals surface area contributed by atoms with E-state index in [1.54, 1.807) is 0 Å². The number of carbonyl (C=O) groups is 2. The predicted molar refractivity (Wildman–Crippen MR) is 61.4 cm³/mol. The molecule has 0 fully saturated rings. The van der Waals surface area contributed by atoms with E-state index in [2.05, 4.69) is 0 Å². The second-order valence-corrected chi connectivity index (χ2v) is 2.77.